The summed E-state index contributed by atoms with van der Waals surface area (Å²) in [5, 5.41) is 12.4. The monoisotopic (exact) mass is 422 g/mol. The van der Waals surface area contributed by atoms with E-state index in [2.05, 4.69) is 65.5 Å². The highest BCUT2D eigenvalue weighted by Crippen LogP contribution is 2.35. The Kier molecular flexibility index (Phi) is 6.32. The molecule has 0 bridgehead atoms. The first-order valence-corrected chi connectivity index (χ1v) is 11.0. The number of rotatable bonds is 6. The Bertz CT molecular complexity index is 1300. The summed E-state index contributed by atoms with van der Waals surface area (Å²) >= 11 is 1.72. The number of aromatic nitrogens is 1. The molecule has 152 valence electrons. The van der Waals surface area contributed by atoms with Crippen molar-refractivity contribution < 1.29 is 4.74 Å². The van der Waals surface area contributed by atoms with Crippen LogP contribution < -0.4 is 4.74 Å². The van der Waals surface area contributed by atoms with E-state index in [1.165, 1.54) is 26.8 Å². The zero-order valence-electron chi connectivity index (χ0n) is 17.6. The maximum absolute atomic E-state index is 9.01. The first kappa shape index (κ1) is 20.7. The zero-order chi connectivity index (χ0) is 21.6. The highest BCUT2D eigenvalue weighted by molar-refractivity contribution is 7.17. The predicted molar refractivity (Wildman–Crippen MR) is 127 cm³/mol. The van der Waals surface area contributed by atoms with Crippen molar-refractivity contribution in [1.82, 2.24) is 4.98 Å². The lowest BCUT2D eigenvalue weighted by Crippen LogP contribution is -1.99. The smallest absolute Gasteiger partial charge is 0.130 e. The summed E-state index contributed by atoms with van der Waals surface area (Å²) in [5.41, 5.74) is 5.68. The van der Waals surface area contributed by atoms with Crippen LogP contribution in [0.25, 0.3) is 21.2 Å². The Morgan fingerprint density at radius 3 is 2.65 bits per heavy atom. The van der Waals surface area contributed by atoms with Gasteiger partial charge in [0.15, 0.2) is 0 Å². The van der Waals surface area contributed by atoms with Gasteiger partial charge in [0.2, 0.25) is 0 Å². The van der Waals surface area contributed by atoms with E-state index in [-0.39, 0.29) is 5.92 Å². The van der Waals surface area contributed by atoms with Crippen LogP contribution in [0.2, 0.25) is 0 Å². The van der Waals surface area contributed by atoms with Crippen molar-refractivity contribution in [2.24, 2.45) is 0 Å². The average molecular weight is 423 g/mol. The van der Waals surface area contributed by atoms with E-state index < -0.39 is 0 Å². The highest BCUT2D eigenvalue weighted by Gasteiger charge is 2.11. The third-order valence-corrected chi connectivity index (χ3v) is 6.17. The van der Waals surface area contributed by atoms with Gasteiger partial charge in [-0.15, -0.1) is 17.3 Å². The third-order valence-electron chi connectivity index (χ3n) is 5.24. The minimum absolute atomic E-state index is 0.0634. The number of nitrogens with zero attached hydrogens (tertiary/aromatic N) is 2. The van der Waals surface area contributed by atoms with Crippen LogP contribution in [0.1, 0.15) is 36.1 Å². The maximum atomic E-state index is 9.01. The molecular weight excluding hydrogens is 400 g/mol. The molecular formula is C27H22N2OS. The van der Waals surface area contributed by atoms with Gasteiger partial charge >= 0.3 is 0 Å². The van der Waals surface area contributed by atoms with Crippen LogP contribution in [-0.4, -0.2) is 4.98 Å². The fraction of sp³-hybridized carbons (Fsp3) is 0.185. The number of aryl methyl sites for hydroxylation is 1. The van der Waals surface area contributed by atoms with E-state index in [1.54, 1.807) is 18.3 Å². The lowest BCUT2D eigenvalue weighted by molar-refractivity contribution is 0.301. The van der Waals surface area contributed by atoms with Gasteiger partial charge in [0, 0.05) is 17.1 Å². The molecule has 0 amide bonds. The minimum atomic E-state index is -0.0634. The molecule has 0 unspecified atom stereocenters. The quantitative estimate of drug-likeness (QED) is 0.318. The highest BCUT2D eigenvalue weighted by atomic mass is 32.1. The van der Waals surface area contributed by atoms with E-state index in [9.17, 15) is 0 Å². The molecule has 0 N–H and O–H groups in total. The van der Waals surface area contributed by atoms with Crippen LogP contribution in [0.5, 0.6) is 5.75 Å². The summed E-state index contributed by atoms with van der Waals surface area (Å²) in [6.45, 7) is 4.33. The molecule has 0 aliphatic heterocycles. The van der Waals surface area contributed by atoms with Gasteiger partial charge in [-0.3, -0.25) is 4.98 Å². The van der Waals surface area contributed by atoms with E-state index in [0.29, 0.717) is 13.0 Å². The molecule has 4 aromatic rings. The second-order valence-electron chi connectivity index (χ2n) is 7.30. The lowest BCUT2D eigenvalue weighted by atomic mass is 9.97. The molecule has 0 saturated heterocycles. The van der Waals surface area contributed by atoms with Gasteiger partial charge < -0.3 is 4.74 Å². The second-order valence-corrected chi connectivity index (χ2v) is 8.21. The van der Waals surface area contributed by atoms with Crippen molar-refractivity contribution in [2.45, 2.75) is 32.8 Å². The third kappa shape index (κ3) is 4.61. The van der Waals surface area contributed by atoms with E-state index >= 15 is 0 Å². The Hall–Kier alpha value is -3.60. The average Bonchev–Trinajstić information content (AvgIpc) is 3.21. The standard InChI is InChI=1S/C27H22N2OS/c1-3-6-20(13-14-28)21-9-11-23(12-10-21)30-17-22-15-25-26(18-31-27(25)16-29-22)24-8-5-4-7-19(24)2/h4-5,7-12,15-16,18,20H,13,17H2,1-2H3/t20-/m0/s1. The summed E-state index contributed by atoms with van der Waals surface area (Å²) in [6.07, 6.45) is 2.31. The Labute approximate surface area is 187 Å². The minimum Gasteiger partial charge on any atom is -0.487 e. The number of pyridine rings is 1. The molecule has 2 heterocycles. The molecule has 31 heavy (non-hydrogen) atoms. The maximum Gasteiger partial charge on any atom is 0.130 e. The van der Waals surface area contributed by atoms with Crippen LogP contribution in [0.3, 0.4) is 0 Å². The van der Waals surface area contributed by atoms with Gasteiger partial charge in [-0.05, 0) is 54.1 Å². The fourth-order valence-corrected chi connectivity index (χ4v) is 4.52. The molecule has 2 aromatic heterocycles. The van der Waals surface area contributed by atoms with Gasteiger partial charge in [0.1, 0.15) is 12.4 Å². The predicted octanol–water partition coefficient (Wildman–Crippen LogP) is 6.87. The number of thiophene rings is 1. The molecule has 0 saturated carbocycles. The number of fused-ring (bicyclic) bond motifs is 1. The zero-order valence-corrected chi connectivity index (χ0v) is 18.4. The normalized spacial score (nSPS) is 11.4. The summed E-state index contributed by atoms with van der Waals surface area (Å²) < 4.78 is 7.15. The van der Waals surface area contributed by atoms with Gasteiger partial charge in [0.05, 0.1) is 28.8 Å². The first-order chi connectivity index (χ1) is 15.2. The molecule has 2 aromatic carbocycles. The van der Waals surface area contributed by atoms with Crippen molar-refractivity contribution in [3.05, 3.63) is 83.0 Å². The molecule has 0 aliphatic rings. The van der Waals surface area contributed by atoms with Crippen molar-refractivity contribution >= 4 is 21.4 Å². The largest absolute Gasteiger partial charge is 0.487 e. The number of nitriles is 1. The second kappa shape index (κ2) is 9.47. The molecule has 1 atom stereocenters. The van der Waals surface area contributed by atoms with Gasteiger partial charge in [-0.25, -0.2) is 0 Å². The Balaban J connectivity index is 1.52. The summed E-state index contributed by atoms with van der Waals surface area (Å²) in [5.74, 6) is 6.71. The fourth-order valence-electron chi connectivity index (χ4n) is 3.61. The van der Waals surface area contributed by atoms with Crippen LogP contribution in [0, 0.1) is 30.1 Å². The molecule has 0 radical (unpaired) electrons. The van der Waals surface area contributed by atoms with Crippen LogP contribution >= 0.6 is 11.3 Å². The van der Waals surface area contributed by atoms with Gasteiger partial charge in [0.25, 0.3) is 0 Å². The van der Waals surface area contributed by atoms with Crippen LogP contribution in [-0.2, 0) is 6.61 Å². The Morgan fingerprint density at radius 1 is 1.10 bits per heavy atom. The van der Waals surface area contributed by atoms with Crippen LogP contribution in [0.4, 0.5) is 0 Å². The summed E-state index contributed by atoms with van der Waals surface area (Å²) in [7, 11) is 0. The van der Waals surface area contributed by atoms with Crippen molar-refractivity contribution in [3.63, 3.8) is 0 Å². The van der Waals surface area contributed by atoms with Gasteiger partial charge in [-0.1, -0.05) is 42.3 Å². The summed E-state index contributed by atoms with van der Waals surface area (Å²) in [6, 6.07) is 20.6. The van der Waals surface area contributed by atoms with Crippen LogP contribution in [0.15, 0.2) is 66.2 Å². The molecule has 4 rings (SSSR count). The summed E-state index contributed by atoms with van der Waals surface area (Å²) in [4.78, 5) is 4.58. The van der Waals surface area contributed by atoms with E-state index in [1.807, 2.05) is 30.5 Å². The number of benzene rings is 2. The number of hydrogen-bond acceptors (Lipinski definition) is 4. The number of ether oxygens (including phenoxy) is 1. The van der Waals surface area contributed by atoms with Gasteiger partial charge in [-0.2, -0.15) is 5.26 Å². The molecule has 3 nitrogen and oxygen atoms in total. The van der Waals surface area contributed by atoms with Crippen molar-refractivity contribution in [1.29, 1.82) is 5.26 Å². The SMILES string of the molecule is CC#C[C@@H](CC#N)c1ccc(OCc2cc3c(-c4ccccc4C)csc3cn2)cc1. The van der Waals surface area contributed by atoms with Crippen molar-refractivity contribution in [2.75, 3.05) is 0 Å². The molecule has 4 heteroatoms. The molecule has 0 aliphatic carbocycles. The lowest BCUT2D eigenvalue weighted by Gasteiger charge is -2.10. The number of hydrogen-bond donors (Lipinski definition) is 0. The molecule has 0 fully saturated rings. The first-order valence-electron chi connectivity index (χ1n) is 10.1. The topological polar surface area (TPSA) is 45.9 Å². The van der Waals surface area contributed by atoms with Crippen molar-refractivity contribution in [3.8, 4) is 34.8 Å². The van der Waals surface area contributed by atoms with E-state index in [4.69, 9.17) is 10.00 Å². The molecule has 0 spiro atoms. The van der Waals surface area contributed by atoms with E-state index in [0.717, 1.165) is 17.0 Å². The Morgan fingerprint density at radius 2 is 1.90 bits per heavy atom.